The van der Waals surface area contributed by atoms with Crippen molar-refractivity contribution in [2.75, 3.05) is 0 Å². The molecular weight excluding hydrogens is 182 g/mol. The lowest BCUT2D eigenvalue weighted by Gasteiger charge is -2.29. The zero-order valence-electron chi connectivity index (χ0n) is 9.04. The van der Waals surface area contributed by atoms with Crippen LogP contribution in [0.25, 0.3) is 0 Å². The number of aliphatic hydroxyl groups is 1. The zero-order valence-corrected chi connectivity index (χ0v) is 9.04. The Kier molecular flexibility index (Phi) is 2.88. The maximum Gasteiger partial charge on any atom is 0.340 e. The maximum atomic E-state index is 11.6. The molecule has 1 fully saturated rings. The lowest BCUT2D eigenvalue weighted by atomic mass is 9.98. The standard InChI is InChI=1S/C10H19NO3/c1-9(2,3)14-8(12)10(13)6-4-5-7(10)11/h7,13H,4-6,11H2,1-3H3. The second kappa shape index (κ2) is 3.51. The molecular formula is C10H19NO3. The first-order chi connectivity index (χ1) is 6.26. The Labute approximate surface area is 84.4 Å². The fraction of sp³-hybridized carbons (Fsp3) is 0.900. The molecule has 0 aromatic carbocycles. The molecule has 4 nitrogen and oxygen atoms in total. The van der Waals surface area contributed by atoms with Crippen LogP contribution in [0.2, 0.25) is 0 Å². The first-order valence-corrected chi connectivity index (χ1v) is 4.97. The summed E-state index contributed by atoms with van der Waals surface area (Å²) in [6, 6.07) is -0.489. The summed E-state index contributed by atoms with van der Waals surface area (Å²) in [5.41, 5.74) is 3.64. The summed E-state index contributed by atoms with van der Waals surface area (Å²) >= 11 is 0. The molecule has 0 saturated heterocycles. The fourth-order valence-electron chi connectivity index (χ4n) is 1.64. The van der Waals surface area contributed by atoms with Crippen molar-refractivity contribution < 1.29 is 14.6 Å². The molecule has 4 heteroatoms. The Bertz CT molecular complexity index is 234. The molecule has 0 aromatic heterocycles. The van der Waals surface area contributed by atoms with Gasteiger partial charge in [0, 0.05) is 6.04 Å². The smallest absolute Gasteiger partial charge is 0.340 e. The molecule has 1 aliphatic rings. The molecule has 3 N–H and O–H groups in total. The predicted molar refractivity (Wildman–Crippen MR) is 52.6 cm³/mol. The summed E-state index contributed by atoms with van der Waals surface area (Å²) in [6.45, 7) is 5.32. The van der Waals surface area contributed by atoms with Crippen molar-refractivity contribution in [2.45, 2.75) is 57.3 Å². The van der Waals surface area contributed by atoms with E-state index in [0.717, 1.165) is 6.42 Å². The molecule has 1 saturated carbocycles. The van der Waals surface area contributed by atoms with Crippen molar-refractivity contribution in [1.82, 2.24) is 0 Å². The van der Waals surface area contributed by atoms with Crippen molar-refractivity contribution in [3.05, 3.63) is 0 Å². The van der Waals surface area contributed by atoms with Crippen LogP contribution >= 0.6 is 0 Å². The topological polar surface area (TPSA) is 72.5 Å². The molecule has 0 spiro atoms. The lowest BCUT2D eigenvalue weighted by molar-refractivity contribution is -0.177. The summed E-state index contributed by atoms with van der Waals surface area (Å²) in [7, 11) is 0. The first-order valence-electron chi connectivity index (χ1n) is 4.97. The summed E-state index contributed by atoms with van der Waals surface area (Å²) in [5.74, 6) is -0.588. The van der Waals surface area contributed by atoms with Gasteiger partial charge in [0.2, 0.25) is 0 Å². The number of hydrogen-bond acceptors (Lipinski definition) is 4. The summed E-state index contributed by atoms with van der Waals surface area (Å²) < 4.78 is 5.13. The summed E-state index contributed by atoms with van der Waals surface area (Å²) in [6.07, 6.45) is 1.86. The highest BCUT2D eigenvalue weighted by molar-refractivity contribution is 5.81. The number of rotatable bonds is 1. The normalized spacial score (nSPS) is 33.1. The van der Waals surface area contributed by atoms with Crippen molar-refractivity contribution in [1.29, 1.82) is 0 Å². The van der Waals surface area contributed by atoms with Crippen LogP contribution in [0.5, 0.6) is 0 Å². The highest BCUT2D eigenvalue weighted by Gasteiger charge is 2.48. The third-order valence-electron chi connectivity index (χ3n) is 2.44. The average molecular weight is 201 g/mol. The van der Waals surface area contributed by atoms with Crippen LogP contribution in [0.15, 0.2) is 0 Å². The SMILES string of the molecule is CC(C)(C)OC(=O)C1(O)CCCC1N. The Hall–Kier alpha value is -0.610. The molecule has 0 bridgehead atoms. The maximum absolute atomic E-state index is 11.6. The van der Waals surface area contributed by atoms with Gasteiger partial charge < -0.3 is 15.6 Å². The molecule has 82 valence electrons. The second-order valence-electron chi connectivity index (χ2n) is 4.92. The number of hydrogen-bond donors (Lipinski definition) is 2. The van der Waals surface area contributed by atoms with E-state index in [4.69, 9.17) is 10.5 Å². The number of carbonyl (C=O) groups is 1. The Morgan fingerprint density at radius 2 is 2.14 bits per heavy atom. The minimum absolute atomic E-state index is 0.406. The van der Waals surface area contributed by atoms with Crippen molar-refractivity contribution in [3.63, 3.8) is 0 Å². The Balaban J connectivity index is 2.68. The number of carbonyl (C=O) groups excluding carboxylic acids is 1. The van der Waals surface area contributed by atoms with Crippen LogP contribution in [-0.4, -0.2) is 28.3 Å². The van der Waals surface area contributed by atoms with E-state index < -0.39 is 23.2 Å². The van der Waals surface area contributed by atoms with E-state index in [9.17, 15) is 9.90 Å². The van der Waals surface area contributed by atoms with Gasteiger partial charge in [-0.3, -0.25) is 0 Å². The molecule has 1 aliphatic carbocycles. The van der Waals surface area contributed by atoms with Gasteiger partial charge in [0.05, 0.1) is 0 Å². The summed E-state index contributed by atoms with van der Waals surface area (Å²) in [4.78, 5) is 11.6. The van der Waals surface area contributed by atoms with Crippen molar-refractivity contribution >= 4 is 5.97 Å². The molecule has 2 unspecified atom stereocenters. The highest BCUT2D eigenvalue weighted by Crippen LogP contribution is 2.31. The van der Waals surface area contributed by atoms with Gasteiger partial charge in [0.25, 0.3) is 0 Å². The van der Waals surface area contributed by atoms with E-state index >= 15 is 0 Å². The minimum Gasteiger partial charge on any atom is -0.458 e. The van der Waals surface area contributed by atoms with Crippen LogP contribution in [0.3, 0.4) is 0 Å². The predicted octanol–water partition coefficient (Wildman–Crippen LogP) is 0.570. The van der Waals surface area contributed by atoms with Crippen molar-refractivity contribution in [2.24, 2.45) is 5.73 Å². The van der Waals surface area contributed by atoms with Crippen LogP contribution < -0.4 is 5.73 Å². The monoisotopic (exact) mass is 201 g/mol. The minimum atomic E-state index is -1.46. The van der Waals surface area contributed by atoms with Crippen LogP contribution in [0.4, 0.5) is 0 Å². The van der Waals surface area contributed by atoms with Gasteiger partial charge in [-0.25, -0.2) is 4.79 Å². The van der Waals surface area contributed by atoms with Gasteiger partial charge in [0.1, 0.15) is 5.60 Å². The highest BCUT2D eigenvalue weighted by atomic mass is 16.6. The van der Waals surface area contributed by atoms with E-state index in [1.54, 1.807) is 20.8 Å². The van der Waals surface area contributed by atoms with Crippen LogP contribution in [0, 0.1) is 0 Å². The molecule has 14 heavy (non-hydrogen) atoms. The fourth-order valence-corrected chi connectivity index (χ4v) is 1.64. The van der Waals surface area contributed by atoms with Gasteiger partial charge >= 0.3 is 5.97 Å². The van der Waals surface area contributed by atoms with Gasteiger partial charge in [-0.05, 0) is 40.0 Å². The van der Waals surface area contributed by atoms with Gasteiger partial charge in [-0.15, -0.1) is 0 Å². The van der Waals surface area contributed by atoms with Gasteiger partial charge in [-0.2, -0.15) is 0 Å². The molecule has 0 heterocycles. The molecule has 0 radical (unpaired) electrons. The molecule has 0 amide bonds. The Morgan fingerprint density at radius 1 is 1.57 bits per heavy atom. The van der Waals surface area contributed by atoms with Gasteiger partial charge in [-0.1, -0.05) is 0 Å². The largest absolute Gasteiger partial charge is 0.458 e. The molecule has 1 rings (SSSR count). The van der Waals surface area contributed by atoms with E-state index in [1.165, 1.54) is 0 Å². The quantitative estimate of drug-likeness (QED) is 0.608. The molecule has 0 aromatic rings. The third-order valence-corrected chi connectivity index (χ3v) is 2.44. The van der Waals surface area contributed by atoms with Crippen LogP contribution in [-0.2, 0) is 9.53 Å². The van der Waals surface area contributed by atoms with E-state index in [-0.39, 0.29) is 0 Å². The number of ether oxygens (including phenoxy) is 1. The third kappa shape index (κ3) is 2.25. The average Bonchev–Trinajstić information content (AvgIpc) is 2.30. The summed E-state index contributed by atoms with van der Waals surface area (Å²) in [5, 5.41) is 9.99. The van der Waals surface area contributed by atoms with Crippen LogP contribution in [0.1, 0.15) is 40.0 Å². The Morgan fingerprint density at radius 3 is 2.50 bits per heavy atom. The molecule has 2 atom stereocenters. The van der Waals surface area contributed by atoms with Gasteiger partial charge in [0.15, 0.2) is 5.60 Å². The van der Waals surface area contributed by atoms with E-state index in [2.05, 4.69) is 0 Å². The zero-order chi connectivity index (χ0) is 11.0. The van der Waals surface area contributed by atoms with E-state index in [1.807, 2.05) is 0 Å². The van der Waals surface area contributed by atoms with Crippen molar-refractivity contribution in [3.8, 4) is 0 Å². The number of esters is 1. The van der Waals surface area contributed by atoms with E-state index in [0.29, 0.717) is 12.8 Å². The lowest BCUT2D eigenvalue weighted by Crippen LogP contribution is -2.52. The number of nitrogens with two attached hydrogens (primary N) is 1. The first kappa shape index (κ1) is 11.5. The molecule has 0 aliphatic heterocycles. The second-order valence-corrected chi connectivity index (χ2v) is 4.92.